The van der Waals surface area contributed by atoms with Crippen molar-refractivity contribution < 1.29 is 14.3 Å². The second-order valence-corrected chi connectivity index (χ2v) is 10.0. The number of carbonyl (C=O) groups is 2. The summed E-state index contributed by atoms with van der Waals surface area (Å²) < 4.78 is 5.49. The summed E-state index contributed by atoms with van der Waals surface area (Å²) in [5.74, 6) is 0.202. The van der Waals surface area contributed by atoms with E-state index in [9.17, 15) is 9.59 Å². The molecule has 37 heavy (non-hydrogen) atoms. The minimum atomic E-state index is -0.527. The first-order chi connectivity index (χ1) is 18.0. The Hall–Kier alpha value is -3.99. The number of para-hydroxylation sites is 1. The van der Waals surface area contributed by atoms with Crippen LogP contribution in [-0.2, 0) is 9.53 Å². The average molecular weight is 493 g/mol. The van der Waals surface area contributed by atoms with Crippen molar-refractivity contribution in [2.75, 3.05) is 6.61 Å². The number of carbonyl (C=O) groups excluding carboxylic acids is 2. The highest BCUT2D eigenvalue weighted by Gasteiger charge is 2.28. The monoisotopic (exact) mass is 492 g/mol. The maximum absolute atomic E-state index is 13.2. The van der Waals surface area contributed by atoms with Crippen molar-refractivity contribution in [3.63, 3.8) is 0 Å². The largest absolute Gasteiger partial charge is 0.452 e. The van der Waals surface area contributed by atoms with Crippen LogP contribution in [-0.4, -0.2) is 29.5 Å². The van der Waals surface area contributed by atoms with Gasteiger partial charge in [0.1, 0.15) is 0 Å². The molecule has 3 aromatic carbocycles. The van der Waals surface area contributed by atoms with E-state index < -0.39 is 5.97 Å². The highest BCUT2D eigenvalue weighted by molar-refractivity contribution is 6.05. The van der Waals surface area contributed by atoms with Crippen LogP contribution in [0.5, 0.6) is 0 Å². The zero-order chi connectivity index (χ0) is 25.8. The number of ether oxygens (including phenoxy) is 1. The van der Waals surface area contributed by atoms with Gasteiger partial charge in [-0.1, -0.05) is 99.5 Å². The minimum absolute atomic E-state index is 0.127. The van der Waals surface area contributed by atoms with Crippen LogP contribution in [0, 0.1) is 11.8 Å². The molecule has 1 aromatic heterocycles. The average Bonchev–Trinajstić information content (AvgIpc) is 2.94. The number of fused-ring (bicyclic) bond motifs is 1. The van der Waals surface area contributed by atoms with Crippen LogP contribution in [0.3, 0.4) is 0 Å². The van der Waals surface area contributed by atoms with Crippen LogP contribution in [0.1, 0.15) is 43.5 Å². The summed E-state index contributed by atoms with van der Waals surface area (Å²) in [6, 6.07) is 27.7. The van der Waals surface area contributed by atoms with Gasteiger partial charge in [-0.25, -0.2) is 9.78 Å². The first kappa shape index (κ1) is 24.7. The van der Waals surface area contributed by atoms with Crippen molar-refractivity contribution in [1.29, 1.82) is 0 Å². The summed E-state index contributed by atoms with van der Waals surface area (Å²) in [5, 5.41) is 3.77. The molecule has 1 saturated carbocycles. The van der Waals surface area contributed by atoms with E-state index in [1.54, 1.807) is 6.07 Å². The van der Waals surface area contributed by atoms with E-state index >= 15 is 0 Å². The number of pyridine rings is 1. The van der Waals surface area contributed by atoms with Crippen molar-refractivity contribution in [2.24, 2.45) is 11.8 Å². The third kappa shape index (κ3) is 5.56. The van der Waals surface area contributed by atoms with E-state index in [1.807, 2.05) is 54.6 Å². The highest BCUT2D eigenvalue weighted by atomic mass is 16.5. The van der Waals surface area contributed by atoms with Crippen LogP contribution >= 0.6 is 0 Å². The van der Waals surface area contributed by atoms with E-state index in [-0.39, 0.29) is 18.6 Å². The lowest BCUT2D eigenvalue weighted by atomic mass is 9.78. The fourth-order valence-corrected chi connectivity index (χ4v) is 5.20. The van der Waals surface area contributed by atoms with E-state index in [2.05, 4.69) is 43.4 Å². The van der Waals surface area contributed by atoms with Gasteiger partial charge in [0.05, 0.1) is 16.8 Å². The molecule has 3 unspecified atom stereocenters. The Morgan fingerprint density at radius 3 is 2.32 bits per heavy atom. The van der Waals surface area contributed by atoms with Gasteiger partial charge in [0.15, 0.2) is 6.61 Å². The lowest BCUT2D eigenvalue weighted by Crippen LogP contribution is -2.45. The number of aromatic nitrogens is 1. The first-order valence-corrected chi connectivity index (χ1v) is 13.0. The van der Waals surface area contributed by atoms with Crippen molar-refractivity contribution in [3.8, 4) is 22.4 Å². The normalized spacial score (nSPS) is 19.4. The molecule has 1 aliphatic rings. The zero-order valence-electron chi connectivity index (χ0n) is 21.3. The Labute approximate surface area is 217 Å². The number of amides is 1. The van der Waals surface area contributed by atoms with E-state index in [4.69, 9.17) is 9.72 Å². The molecular formula is C32H32N2O3. The molecule has 4 aromatic rings. The van der Waals surface area contributed by atoms with Gasteiger partial charge in [0, 0.05) is 17.0 Å². The van der Waals surface area contributed by atoms with Crippen LogP contribution < -0.4 is 5.32 Å². The van der Waals surface area contributed by atoms with Crippen LogP contribution in [0.15, 0.2) is 84.9 Å². The molecule has 0 aliphatic heterocycles. The molecule has 188 valence electrons. The van der Waals surface area contributed by atoms with Crippen molar-refractivity contribution in [3.05, 3.63) is 90.5 Å². The van der Waals surface area contributed by atoms with Crippen molar-refractivity contribution in [1.82, 2.24) is 10.3 Å². The van der Waals surface area contributed by atoms with Gasteiger partial charge >= 0.3 is 5.97 Å². The van der Waals surface area contributed by atoms with Gasteiger partial charge in [-0.15, -0.1) is 0 Å². The highest BCUT2D eigenvalue weighted by Crippen LogP contribution is 2.30. The molecule has 1 fully saturated rings. The maximum atomic E-state index is 13.2. The Bertz CT molecular complexity index is 1400. The van der Waals surface area contributed by atoms with E-state index in [0.717, 1.165) is 29.5 Å². The van der Waals surface area contributed by atoms with E-state index in [1.165, 1.54) is 6.42 Å². The molecule has 3 atom stereocenters. The molecule has 0 radical (unpaired) electrons. The molecule has 1 amide bonds. The minimum Gasteiger partial charge on any atom is -0.452 e. The quantitative estimate of drug-likeness (QED) is 0.305. The van der Waals surface area contributed by atoms with Gasteiger partial charge in [-0.2, -0.15) is 0 Å². The number of hydrogen-bond donors (Lipinski definition) is 1. The fraction of sp³-hybridized carbons (Fsp3) is 0.281. The van der Waals surface area contributed by atoms with Crippen LogP contribution in [0.2, 0.25) is 0 Å². The molecule has 1 N–H and O–H groups in total. The molecule has 1 aliphatic carbocycles. The molecular weight excluding hydrogens is 460 g/mol. The predicted octanol–water partition coefficient (Wildman–Crippen LogP) is 6.67. The number of hydrogen-bond acceptors (Lipinski definition) is 4. The molecule has 5 rings (SSSR count). The molecule has 0 saturated heterocycles. The van der Waals surface area contributed by atoms with Gasteiger partial charge < -0.3 is 10.1 Å². The molecule has 5 heteroatoms. The summed E-state index contributed by atoms with van der Waals surface area (Å²) in [6.45, 7) is 4.11. The van der Waals surface area contributed by atoms with Crippen LogP contribution in [0.25, 0.3) is 33.3 Å². The number of nitrogens with one attached hydrogen (secondary N) is 1. The molecule has 5 nitrogen and oxygen atoms in total. The van der Waals surface area contributed by atoms with Crippen molar-refractivity contribution >= 4 is 22.8 Å². The number of esters is 1. The lowest BCUT2D eigenvalue weighted by molar-refractivity contribution is -0.125. The Kier molecular flexibility index (Phi) is 7.31. The Morgan fingerprint density at radius 2 is 1.54 bits per heavy atom. The third-order valence-electron chi connectivity index (χ3n) is 7.61. The summed E-state index contributed by atoms with van der Waals surface area (Å²) in [6.07, 6.45) is 3.26. The second kappa shape index (κ2) is 11.0. The summed E-state index contributed by atoms with van der Waals surface area (Å²) in [4.78, 5) is 30.6. The number of nitrogens with zero attached hydrogens (tertiary/aromatic N) is 1. The van der Waals surface area contributed by atoms with E-state index in [0.29, 0.717) is 34.0 Å². The smallest absolute Gasteiger partial charge is 0.339 e. The Morgan fingerprint density at radius 1 is 0.865 bits per heavy atom. The fourth-order valence-electron chi connectivity index (χ4n) is 5.20. The van der Waals surface area contributed by atoms with Gasteiger partial charge in [-0.3, -0.25) is 4.79 Å². The van der Waals surface area contributed by atoms with Gasteiger partial charge in [0.25, 0.3) is 5.91 Å². The third-order valence-corrected chi connectivity index (χ3v) is 7.61. The molecule has 0 bridgehead atoms. The van der Waals surface area contributed by atoms with Gasteiger partial charge in [0.2, 0.25) is 0 Å². The summed E-state index contributed by atoms with van der Waals surface area (Å²) in [7, 11) is 0. The van der Waals surface area contributed by atoms with Crippen LogP contribution in [0.4, 0.5) is 0 Å². The zero-order valence-corrected chi connectivity index (χ0v) is 21.3. The summed E-state index contributed by atoms with van der Waals surface area (Å²) >= 11 is 0. The summed E-state index contributed by atoms with van der Waals surface area (Å²) in [5.41, 5.74) is 4.93. The molecule has 1 heterocycles. The second-order valence-electron chi connectivity index (χ2n) is 10.0. The topological polar surface area (TPSA) is 68.3 Å². The molecule has 0 spiro atoms. The number of rotatable bonds is 6. The number of benzene rings is 3. The van der Waals surface area contributed by atoms with Crippen molar-refractivity contribution in [2.45, 2.75) is 39.2 Å². The Balaban J connectivity index is 1.34. The SMILES string of the molecule is CC1CCCC(NC(=O)COC(=O)c2cc(-c3ccc(-c4ccccc4)cc3)nc3ccccc23)C1C. The maximum Gasteiger partial charge on any atom is 0.339 e. The standard InChI is InChI=1S/C32H32N2O3/c1-21-9-8-14-28(22(21)2)34-31(35)20-37-32(36)27-19-30(33-29-13-7-6-12-26(27)29)25-17-15-24(16-18-25)23-10-4-3-5-11-23/h3-7,10-13,15-19,21-22,28H,8-9,14,20H2,1-2H3,(H,34,35). The first-order valence-electron chi connectivity index (χ1n) is 13.0. The lowest BCUT2D eigenvalue weighted by Gasteiger charge is -2.34. The van der Waals surface area contributed by atoms with Gasteiger partial charge in [-0.05, 0) is 41.5 Å². The predicted molar refractivity (Wildman–Crippen MR) is 147 cm³/mol.